The van der Waals surface area contributed by atoms with Crippen molar-refractivity contribution in [1.29, 1.82) is 0 Å². The average Bonchev–Trinajstić information content (AvgIpc) is 2.50. The number of nitro groups is 2. The lowest BCUT2D eigenvalue weighted by molar-refractivity contribution is -0.385. The SMILES string of the molecule is O=[N+]([O-])c1ccc(F)c(O[B]Oc2cc([N+](=O)[O-])ccc2F)c1. The molecule has 1 radical (unpaired) electrons. The Bertz CT molecular complexity index is 710. The molecule has 0 N–H and O–H groups in total. The van der Waals surface area contributed by atoms with Crippen molar-refractivity contribution in [1.82, 2.24) is 0 Å². The normalized spacial score (nSPS) is 10.0. The smallest absolute Gasteiger partial charge is 0.524 e. The van der Waals surface area contributed by atoms with Crippen LogP contribution in [0.1, 0.15) is 0 Å². The zero-order valence-corrected chi connectivity index (χ0v) is 11.1. The molecule has 0 bridgehead atoms. The van der Waals surface area contributed by atoms with Crippen molar-refractivity contribution >= 4 is 19.1 Å². The molecule has 0 aliphatic heterocycles. The van der Waals surface area contributed by atoms with E-state index in [1.165, 1.54) is 0 Å². The van der Waals surface area contributed by atoms with E-state index in [2.05, 4.69) is 0 Å². The number of benzene rings is 2. The standard InChI is InChI=1S/C12H6BF2N2O6/c14-9-3-1-7(16(18)19)5-11(9)22-13-23-12-6-8(17(20)21)2-4-10(12)15/h1-6H. The summed E-state index contributed by atoms with van der Waals surface area (Å²) in [5.74, 6) is -2.86. The van der Waals surface area contributed by atoms with Crippen molar-refractivity contribution in [2.45, 2.75) is 0 Å². The van der Waals surface area contributed by atoms with Crippen LogP contribution in [0.15, 0.2) is 36.4 Å². The molecule has 2 aromatic rings. The Hall–Kier alpha value is -3.24. The first-order valence-corrected chi connectivity index (χ1v) is 5.91. The number of non-ortho nitro benzene ring substituents is 2. The lowest BCUT2D eigenvalue weighted by atomic mass is 10.2. The second kappa shape index (κ2) is 6.68. The van der Waals surface area contributed by atoms with Crippen LogP contribution in [0.2, 0.25) is 0 Å². The van der Waals surface area contributed by atoms with Gasteiger partial charge in [0.05, 0.1) is 22.0 Å². The zero-order chi connectivity index (χ0) is 17.0. The van der Waals surface area contributed by atoms with E-state index >= 15 is 0 Å². The van der Waals surface area contributed by atoms with Crippen LogP contribution in [0.3, 0.4) is 0 Å². The van der Waals surface area contributed by atoms with Crippen LogP contribution in [0.25, 0.3) is 0 Å². The summed E-state index contributed by atoms with van der Waals surface area (Å²) in [6, 6.07) is 5.11. The second-order valence-electron chi connectivity index (χ2n) is 4.08. The highest BCUT2D eigenvalue weighted by atomic mass is 19.1. The van der Waals surface area contributed by atoms with Crippen molar-refractivity contribution in [2.24, 2.45) is 0 Å². The van der Waals surface area contributed by atoms with Crippen LogP contribution < -0.4 is 9.31 Å². The van der Waals surface area contributed by atoms with Crippen molar-refractivity contribution < 1.29 is 27.9 Å². The Labute approximate surface area is 127 Å². The first-order valence-electron chi connectivity index (χ1n) is 5.91. The Morgan fingerprint density at radius 3 is 1.57 bits per heavy atom. The van der Waals surface area contributed by atoms with E-state index in [-0.39, 0.29) is 0 Å². The Morgan fingerprint density at radius 2 is 1.22 bits per heavy atom. The summed E-state index contributed by atoms with van der Waals surface area (Å²) < 4.78 is 36.3. The van der Waals surface area contributed by atoms with Gasteiger partial charge in [-0.3, -0.25) is 20.2 Å². The van der Waals surface area contributed by atoms with Crippen molar-refractivity contribution in [3.05, 3.63) is 68.3 Å². The van der Waals surface area contributed by atoms with Crippen LogP contribution in [0.4, 0.5) is 20.2 Å². The number of hydrogen-bond acceptors (Lipinski definition) is 6. The summed E-state index contributed by atoms with van der Waals surface area (Å²) in [4.78, 5) is 19.6. The minimum Gasteiger partial charge on any atom is -0.524 e. The fourth-order valence-electron chi connectivity index (χ4n) is 1.52. The highest BCUT2D eigenvalue weighted by molar-refractivity contribution is 6.20. The molecule has 2 aromatic carbocycles. The molecule has 0 atom stereocenters. The fourth-order valence-corrected chi connectivity index (χ4v) is 1.52. The Kier molecular flexibility index (Phi) is 4.69. The minimum absolute atomic E-state index is 0.420. The van der Waals surface area contributed by atoms with Gasteiger partial charge < -0.3 is 9.31 Å². The van der Waals surface area contributed by atoms with E-state index in [0.717, 1.165) is 36.4 Å². The molecular formula is C12H6BF2N2O6. The van der Waals surface area contributed by atoms with Gasteiger partial charge >= 0.3 is 7.69 Å². The maximum atomic E-state index is 13.4. The first-order chi connectivity index (χ1) is 10.9. The zero-order valence-electron chi connectivity index (χ0n) is 11.1. The number of nitro benzene ring substituents is 2. The van der Waals surface area contributed by atoms with Crippen LogP contribution in [0, 0.1) is 31.9 Å². The summed E-state index contributed by atoms with van der Waals surface area (Å²) in [6.45, 7) is 0. The number of halogens is 2. The largest absolute Gasteiger partial charge is 0.658 e. The molecule has 0 aliphatic rings. The number of nitrogens with zero attached hydrogens (tertiary/aromatic N) is 2. The predicted molar refractivity (Wildman–Crippen MR) is 73.1 cm³/mol. The third-order valence-electron chi connectivity index (χ3n) is 2.60. The van der Waals surface area contributed by atoms with Crippen molar-refractivity contribution in [3.8, 4) is 11.5 Å². The molecule has 2 rings (SSSR count). The van der Waals surface area contributed by atoms with Gasteiger partial charge in [-0.15, -0.1) is 0 Å². The molecule has 0 amide bonds. The Balaban J connectivity index is 2.08. The molecule has 0 spiro atoms. The molecular weight excluding hydrogens is 317 g/mol. The Morgan fingerprint density at radius 1 is 0.826 bits per heavy atom. The highest BCUT2D eigenvalue weighted by Gasteiger charge is 2.16. The van der Waals surface area contributed by atoms with Gasteiger partial charge in [-0.25, -0.2) is 8.78 Å². The van der Waals surface area contributed by atoms with Gasteiger partial charge in [0.25, 0.3) is 11.4 Å². The molecule has 0 saturated carbocycles. The van der Waals surface area contributed by atoms with Crippen molar-refractivity contribution in [3.63, 3.8) is 0 Å². The van der Waals surface area contributed by atoms with Gasteiger partial charge in [0.1, 0.15) is 11.5 Å². The van der Waals surface area contributed by atoms with Gasteiger partial charge in [0, 0.05) is 12.1 Å². The summed E-state index contributed by atoms with van der Waals surface area (Å²) in [6.07, 6.45) is 0. The summed E-state index contributed by atoms with van der Waals surface area (Å²) in [5, 5.41) is 21.2. The summed E-state index contributed by atoms with van der Waals surface area (Å²) >= 11 is 0. The minimum atomic E-state index is -0.907. The number of rotatable bonds is 6. The molecule has 23 heavy (non-hydrogen) atoms. The molecule has 11 heteroatoms. The van der Waals surface area contributed by atoms with Gasteiger partial charge in [-0.2, -0.15) is 0 Å². The first kappa shape index (κ1) is 16.1. The molecule has 8 nitrogen and oxygen atoms in total. The van der Waals surface area contributed by atoms with E-state index in [1.807, 2.05) is 0 Å². The van der Waals surface area contributed by atoms with Crippen LogP contribution >= 0.6 is 0 Å². The van der Waals surface area contributed by atoms with E-state index in [4.69, 9.17) is 9.31 Å². The molecule has 0 unspecified atom stereocenters. The van der Waals surface area contributed by atoms with E-state index in [0.29, 0.717) is 7.69 Å². The van der Waals surface area contributed by atoms with Crippen molar-refractivity contribution in [2.75, 3.05) is 0 Å². The molecule has 0 saturated heterocycles. The topological polar surface area (TPSA) is 105 Å². The monoisotopic (exact) mass is 323 g/mol. The van der Waals surface area contributed by atoms with Crippen LogP contribution in [-0.2, 0) is 0 Å². The summed E-state index contributed by atoms with van der Waals surface area (Å²) in [7, 11) is 0.504. The molecule has 0 aliphatic carbocycles. The quantitative estimate of drug-likeness (QED) is 0.460. The lowest BCUT2D eigenvalue weighted by Gasteiger charge is -2.07. The summed E-state index contributed by atoms with van der Waals surface area (Å²) in [5.41, 5.74) is -0.840. The van der Waals surface area contributed by atoms with Gasteiger partial charge in [-0.05, 0) is 12.1 Å². The number of hydrogen-bond donors (Lipinski definition) is 0. The van der Waals surface area contributed by atoms with Gasteiger partial charge in [0.2, 0.25) is 0 Å². The van der Waals surface area contributed by atoms with Crippen LogP contribution in [-0.4, -0.2) is 17.5 Å². The molecule has 0 heterocycles. The maximum Gasteiger partial charge on any atom is 0.658 e. The third kappa shape index (κ3) is 3.90. The molecule has 0 aromatic heterocycles. The van der Waals surface area contributed by atoms with E-state index in [9.17, 15) is 29.0 Å². The van der Waals surface area contributed by atoms with E-state index in [1.54, 1.807) is 0 Å². The maximum absolute atomic E-state index is 13.4. The fraction of sp³-hybridized carbons (Fsp3) is 0. The van der Waals surface area contributed by atoms with E-state index < -0.39 is 44.4 Å². The predicted octanol–water partition coefficient (Wildman–Crippen LogP) is 2.77. The molecule has 117 valence electrons. The van der Waals surface area contributed by atoms with Gasteiger partial charge in [0.15, 0.2) is 11.6 Å². The lowest BCUT2D eigenvalue weighted by Crippen LogP contribution is -2.13. The highest BCUT2D eigenvalue weighted by Crippen LogP contribution is 2.25. The molecule has 0 fully saturated rings. The van der Waals surface area contributed by atoms with Gasteiger partial charge in [-0.1, -0.05) is 0 Å². The van der Waals surface area contributed by atoms with Crippen LogP contribution in [0.5, 0.6) is 11.5 Å². The third-order valence-corrected chi connectivity index (χ3v) is 2.60. The average molecular weight is 323 g/mol. The second-order valence-corrected chi connectivity index (χ2v) is 4.08.